The smallest absolute Gasteiger partial charge is 0.275 e. The average Bonchev–Trinajstić information content (AvgIpc) is 2.61. The number of phenols is 1. The molecule has 0 aliphatic rings. The van der Waals surface area contributed by atoms with E-state index >= 15 is 0 Å². The van der Waals surface area contributed by atoms with E-state index < -0.39 is 5.91 Å². The molecule has 0 aliphatic heterocycles. The third-order valence-electron chi connectivity index (χ3n) is 3.15. The molecule has 1 amide bonds. The van der Waals surface area contributed by atoms with Crippen LogP contribution in [0.5, 0.6) is 17.2 Å². The van der Waals surface area contributed by atoms with Crippen molar-refractivity contribution in [2.24, 2.45) is 5.10 Å². The van der Waals surface area contributed by atoms with Gasteiger partial charge in [0.2, 0.25) is 0 Å². The van der Waals surface area contributed by atoms with Crippen LogP contribution in [0.1, 0.15) is 22.8 Å². The lowest BCUT2D eigenvalue weighted by molar-refractivity contribution is 0.0952. The number of hydrogen-bond acceptors (Lipinski definition) is 5. The summed E-state index contributed by atoms with van der Waals surface area (Å²) in [6.45, 7) is 6.37. The van der Waals surface area contributed by atoms with E-state index in [0.29, 0.717) is 24.7 Å². The molecule has 0 aliphatic carbocycles. The Labute approximate surface area is 146 Å². The van der Waals surface area contributed by atoms with Crippen LogP contribution in [0.15, 0.2) is 60.2 Å². The number of para-hydroxylation sites is 1. The van der Waals surface area contributed by atoms with Crippen molar-refractivity contribution in [1.82, 2.24) is 5.43 Å². The Hall–Kier alpha value is -3.28. The van der Waals surface area contributed by atoms with Gasteiger partial charge in [-0.15, -0.1) is 0 Å². The number of rotatable bonds is 8. The predicted molar refractivity (Wildman–Crippen MR) is 96.5 cm³/mol. The van der Waals surface area contributed by atoms with Crippen LogP contribution in [0.25, 0.3) is 0 Å². The number of nitrogens with one attached hydrogen (secondary N) is 1. The highest BCUT2D eigenvalue weighted by Gasteiger charge is 2.09. The lowest BCUT2D eigenvalue weighted by Crippen LogP contribution is -2.17. The molecule has 2 rings (SSSR count). The normalized spacial score (nSPS) is 10.4. The molecule has 0 atom stereocenters. The Bertz CT molecular complexity index is 772. The Balaban J connectivity index is 2.07. The lowest BCUT2D eigenvalue weighted by Gasteiger charge is -2.11. The summed E-state index contributed by atoms with van der Waals surface area (Å²) in [5.41, 5.74) is 3.26. The van der Waals surface area contributed by atoms with Gasteiger partial charge in [0, 0.05) is 0 Å². The van der Waals surface area contributed by atoms with E-state index in [2.05, 4.69) is 17.1 Å². The Kier molecular flexibility index (Phi) is 6.59. The van der Waals surface area contributed by atoms with Crippen LogP contribution >= 0.6 is 0 Å². The predicted octanol–water partition coefficient (Wildman–Crippen LogP) is 3.12. The minimum atomic E-state index is -0.495. The van der Waals surface area contributed by atoms with E-state index in [1.807, 2.05) is 6.92 Å². The second kappa shape index (κ2) is 9.12. The molecule has 0 aromatic heterocycles. The SMILES string of the molecule is C=CCOc1ccc(/C=N\NC(=O)c2ccccc2O)cc1OCC. The van der Waals surface area contributed by atoms with E-state index in [4.69, 9.17) is 9.47 Å². The number of aromatic hydroxyl groups is 1. The minimum absolute atomic E-state index is 0.0995. The van der Waals surface area contributed by atoms with Crippen LogP contribution < -0.4 is 14.9 Å². The summed E-state index contributed by atoms with van der Waals surface area (Å²) in [7, 11) is 0. The molecule has 25 heavy (non-hydrogen) atoms. The van der Waals surface area contributed by atoms with Crippen LogP contribution in [0, 0.1) is 0 Å². The summed E-state index contributed by atoms with van der Waals surface area (Å²) in [4.78, 5) is 12.0. The van der Waals surface area contributed by atoms with Gasteiger partial charge in [-0.25, -0.2) is 5.43 Å². The molecular formula is C19H20N2O4. The van der Waals surface area contributed by atoms with Crippen LogP contribution in [0.4, 0.5) is 0 Å². The van der Waals surface area contributed by atoms with Crippen LogP contribution in [-0.2, 0) is 0 Å². The third-order valence-corrected chi connectivity index (χ3v) is 3.15. The largest absolute Gasteiger partial charge is 0.507 e. The van der Waals surface area contributed by atoms with Crippen molar-refractivity contribution in [2.45, 2.75) is 6.92 Å². The number of hydrazone groups is 1. The molecule has 0 spiro atoms. The van der Waals surface area contributed by atoms with Crippen LogP contribution in [0.3, 0.4) is 0 Å². The first-order valence-electron chi connectivity index (χ1n) is 7.77. The number of carbonyl (C=O) groups is 1. The molecule has 2 aromatic carbocycles. The first kappa shape index (κ1) is 18.1. The van der Waals surface area contributed by atoms with Gasteiger partial charge in [-0.05, 0) is 42.8 Å². The van der Waals surface area contributed by atoms with Crippen molar-refractivity contribution >= 4 is 12.1 Å². The Morgan fingerprint density at radius 2 is 2.04 bits per heavy atom. The van der Waals surface area contributed by atoms with Gasteiger partial charge < -0.3 is 14.6 Å². The summed E-state index contributed by atoms with van der Waals surface area (Å²) in [6.07, 6.45) is 3.14. The van der Waals surface area contributed by atoms with Gasteiger partial charge in [-0.2, -0.15) is 5.10 Å². The van der Waals surface area contributed by atoms with E-state index in [1.54, 1.807) is 36.4 Å². The molecule has 0 fully saturated rings. The number of hydrogen-bond donors (Lipinski definition) is 2. The topological polar surface area (TPSA) is 80.2 Å². The third kappa shape index (κ3) is 5.10. The van der Waals surface area contributed by atoms with Gasteiger partial charge in [0.1, 0.15) is 12.4 Å². The molecule has 2 aromatic rings. The summed E-state index contributed by atoms with van der Waals surface area (Å²) < 4.78 is 11.1. The first-order valence-corrected chi connectivity index (χ1v) is 7.77. The number of phenolic OH excluding ortho intramolecular Hbond substituents is 1. The molecule has 2 N–H and O–H groups in total. The minimum Gasteiger partial charge on any atom is -0.507 e. The zero-order valence-electron chi connectivity index (χ0n) is 13.9. The van der Waals surface area contributed by atoms with E-state index in [1.165, 1.54) is 18.3 Å². The van der Waals surface area contributed by atoms with E-state index in [-0.39, 0.29) is 11.3 Å². The van der Waals surface area contributed by atoms with Gasteiger partial charge in [0.05, 0.1) is 18.4 Å². The van der Waals surface area contributed by atoms with Crippen molar-refractivity contribution in [3.05, 3.63) is 66.2 Å². The van der Waals surface area contributed by atoms with Crippen molar-refractivity contribution in [3.8, 4) is 17.2 Å². The maximum absolute atomic E-state index is 12.0. The first-order chi connectivity index (χ1) is 12.2. The molecule has 6 heteroatoms. The van der Waals surface area contributed by atoms with Gasteiger partial charge in [-0.3, -0.25) is 4.79 Å². The monoisotopic (exact) mass is 340 g/mol. The summed E-state index contributed by atoms with van der Waals surface area (Å²) >= 11 is 0. The number of carbonyl (C=O) groups excluding carboxylic acids is 1. The fourth-order valence-electron chi connectivity index (χ4n) is 2.03. The number of ether oxygens (including phenoxy) is 2. The maximum Gasteiger partial charge on any atom is 0.275 e. The fraction of sp³-hybridized carbons (Fsp3) is 0.158. The Morgan fingerprint density at radius 3 is 2.76 bits per heavy atom. The summed E-state index contributed by atoms with van der Waals surface area (Å²) in [5.74, 6) is 0.598. The zero-order valence-corrected chi connectivity index (χ0v) is 13.9. The highest BCUT2D eigenvalue weighted by Crippen LogP contribution is 2.28. The van der Waals surface area contributed by atoms with Crippen molar-refractivity contribution in [1.29, 1.82) is 0 Å². The lowest BCUT2D eigenvalue weighted by atomic mass is 10.2. The highest BCUT2D eigenvalue weighted by molar-refractivity contribution is 5.97. The molecular weight excluding hydrogens is 320 g/mol. The Morgan fingerprint density at radius 1 is 1.24 bits per heavy atom. The standard InChI is InChI=1S/C19H20N2O4/c1-3-11-25-17-10-9-14(12-18(17)24-4-2)13-20-21-19(23)15-7-5-6-8-16(15)22/h3,5-10,12-13,22H,1,4,11H2,2H3,(H,21,23)/b20-13-. The van der Waals surface area contributed by atoms with E-state index in [9.17, 15) is 9.90 Å². The molecule has 0 saturated heterocycles. The molecule has 0 bridgehead atoms. The average molecular weight is 340 g/mol. The van der Waals surface area contributed by atoms with Gasteiger partial charge >= 0.3 is 0 Å². The molecule has 0 saturated carbocycles. The van der Waals surface area contributed by atoms with Gasteiger partial charge in [-0.1, -0.05) is 24.8 Å². The number of amides is 1. The second-order valence-electron chi connectivity index (χ2n) is 4.96. The van der Waals surface area contributed by atoms with Gasteiger partial charge in [0.25, 0.3) is 5.91 Å². The zero-order chi connectivity index (χ0) is 18.1. The quantitative estimate of drug-likeness (QED) is 0.439. The maximum atomic E-state index is 12.0. The second-order valence-corrected chi connectivity index (χ2v) is 4.96. The molecule has 0 radical (unpaired) electrons. The number of nitrogens with zero attached hydrogens (tertiary/aromatic N) is 1. The van der Waals surface area contributed by atoms with Crippen molar-refractivity contribution in [3.63, 3.8) is 0 Å². The fourth-order valence-corrected chi connectivity index (χ4v) is 2.03. The van der Waals surface area contributed by atoms with E-state index in [0.717, 1.165) is 5.56 Å². The number of benzene rings is 2. The summed E-state index contributed by atoms with van der Waals surface area (Å²) in [6, 6.07) is 11.6. The van der Waals surface area contributed by atoms with Crippen LogP contribution in [0.2, 0.25) is 0 Å². The van der Waals surface area contributed by atoms with Crippen molar-refractivity contribution in [2.75, 3.05) is 13.2 Å². The molecule has 0 heterocycles. The van der Waals surface area contributed by atoms with Crippen molar-refractivity contribution < 1.29 is 19.4 Å². The highest BCUT2D eigenvalue weighted by atomic mass is 16.5. The summed E-state index contributed by atoms with van der Waals surface area (Å²) in [5, 5.41) is 13.5. The molecule has 0 unspecified atom stereocenters. The molecule has 130 valence electrons. The van der Waals surface area contributed by atoms with Crippen LogP contribution in [-0.4, -0.2) is 30.4 Å². The van der Waals surface area contributed by atoms with Gasteiger partial charge in [0.15, 0.2) is 11.5 Å². The molecule has 6 nitrogen and oxygen atoms in total.